The van der Waals surface area contributed by atoms with Crippen LogP contribution in [-0.4, -0.2) is 25.9 Å². The molecule has 6 nitrogen and oxygen atoms in total. The summed E-state index contributed by atoms with van der Waals surface area (Å²) >= 11 is 5.66. The maximum Gasteiger partial charge on any atom is 0.408 e. The standard InChI is InChI=1S/C8H10ClN3O3/c9-5-4-11(10-8(5)12(14)15)6-2-1-3-7(6)13/h4,6-7,13H,1-3H2/t6-,7-/m0/s1. The lowest BCUT2D eigenvalue weighted by molar-refractivity contribution is -0.389. The Morgan fingerprint density at radius 3 is 2.87 bits per heavy atom. The van der Waals surface area contributed by atoms with Crippen LogP contribution in [0.4, 0.5) is 5.82 Å². The summed E-state index contributed by atoms with van der Waals surface area (Å²) in [6.07, 6.45) is 3.29. The highest BCUT2D eigenvalue weighted by atomic mass is 35.5. The molecule has 0 aliphatic heterocycles. The van der Waals surface area contributed by atoms with E-state index in [9.17, 15) is 15.2 Å². The number of rotatable bonds is 2. The topological polar surface area (TPSA) is 81.2 Å². The maximum absolute atomic E-state index is 10.5. The third-order valence-electron chi connectivity index (χ3n) is 2.63. The van der Waals surface area contributed by atoms with Crippen molar-refractivity contribution in [2.45, 2.75) is 31.4 Å². The molecular weight excluding hydrogens is 222 g/mol. The summed E-state index contributed by atoms with van der Waals surface area (Å²) in [6.45, 7) is 0. The average Bonchev–Trinajstić information content (AvgIpc) is 2.71. The summed E-state index contributed by atoms with van der Waals surface area (Å²) in [5, 5.41) is 23.9. The predicted octanol–water partition coefficient (Wildman–Crippen LogP) is 1.53. The molecule has 15 heavy (non-hydrogen) atoms. The minimum absolute atomic E-state index is 0.0131. The monoisotopic (exact) mass is 231 g/mol. The molecule has 1 saturated carbocycles. The van der Waals surface area contributed by atoms with Gasteiger partial charge >= 0.3 is 5.82 Å². The SMILES string of the molecule is O=[N+]([O-])c1nn([C@H]2CCC[C@@H]2O)cc1Cl. The molecule has 1 fully saturated rings. The first-order valence-corrected chi connectivity index (χ1v) is 5.04. The quantitative estimate of drug-likeness (QED) is 0.618. The first kappa shape index (κ1) is 10.4. The van der Waals surface area contributed by atoms with E-state index in [-0.39, 0.29) is 16.9 Å². The first-order chi connectivity index (χ1) is 7.09. The fourth-order valence-electron chi connectivity index (χ4n) is 1.88. The molecule has 1 heterocycles. The Kier molecular flexibility index (Phi) is 2.62. The molecule has 2 atom stereocenters. The fraction of sp³-hybridized carbons (Fsp3) is 0.625. The molecule has 0 amide bonds. The Balaban J connectivity index is 2.29. The van der Waals surface area contributed by atoms with Gasteiger partial charge in [0.2, 0.25) is 0 Å². The van der Waals surface area contributed by atoms with Crippen LogP contribution < -0.4 is 0 Å². The Labute approximate surface area is 90.6 Å². The zero-order valence-electron chi connectivity index (χ0n) is 7.84. The fourth-order valence-corrected chi connectivity index (χ4v) is 2.09. The van der Waals surface area contributed by atoms with Crippen molar-refractivity contribution < 1.29 is 10.0 Å². The van der Waals surface area contributed by atoms with E-state index in [0.717, 1.165) is 12.8 Å². The second-order valence-corrected chi connectivity index (χ2v) is 4.01. The summed E-state index contributed by atoms with van der Waals surface area (Å²) in [6, 6.07) is -0.184. The maximum atomic E-state index is 10.5. The molecule has 0 saturated heterocycles. The van der Waals surface area contributed by atoms with Crippen LogP contribution in [0.25, 0.3) is 0 Å². The van der Waals surface area contributed by atoms with Crippen LogP contribution in [-0.2, 0) is 0 Å². The van der Waals surface area contributed by atoms with Crippen LogP contribution >= 0.6 is 11.6 Å². The van der Waals surface area contributed by atoms with Gasteiger partial charge < -0.3 is 15.2 Å². The molecular formula is C8H10ClN3O3. The highest BCUT2D eigenvalue weighted by Crippen LogP contribution is 2.32. The normalized spacial score (nSPS) is 25.7. The van der Waals surface area contributed by atoms with Crippen LogP contribution in [0.15, 0.2) is 6.20 Å². The Morgan fingerprint density at radius 2 is 2.40 bits per heavy atom. The second kappa shape index (κ2) is 3.79. The molecule has 82 valence electrons. The molecule has 0 bridgehead atoms. The Morgan fingerprint density at radius 1 is 1.67 bits per heavy atom. The lowest BCUT2D eigenvalue weighted by atomic mass is 10.2. The van der Waals surface area contributed by atoms with Crippen molar-refractivity contribution in [1.82, 2.24) is 9.78 Å². The van der Waals surface area contributed by atoms with Crippen molar-refractivity contribution in [3.8, 4) is 0 Å². The number of aliphatic hydroxyl groups excluding tert-OH is 1. The van der Waals surface area contributed by atoms with Gasteiger partial charge in [-0.3, -0.25) is 0 Å². The predicted molar refractivity (Wildman–Crippen MR) is 52.8 cm³/mol. The van der Waals surface area contributed by atoms with Crippen molar-refractivity contribution in [2.24, 2.45) is 0 Å². The van der Waals surface area contributed by atoms with Crippen LogP contribution in [0.2, 0.25) is 5.02 Å². The van der Waals surface area contributed by atoms with Crippen molar-refractivity contribution in [3.63, 3.8) is 0 Å². The molecule has 1 aromatic rings. The highest BCUT2D eigenvalue weighted by Gasteiger charge is 2.32. The number of nitrogens with zero attached hydrogens (tertiary/aromatic N) is 3. The molecule has 7 heteroatoms. The molecule has 1 aliphatic rings. The van der Waals surface area contributed by atoms with Gasteiger partial charge in [-0.1, -0.05) is 11.6 Å². The Bertz CT molecular complexity index is 392. The number of aliphatic hydroxyl groups is 1. The van der Waals surface area contributed by atoms with E-state index in [1.54, 1.807) is 0 Å². The highest BCUT2D eigenvalue weighted by molar-refractivity contribution is 6.32. The Hall–Kier alpha value is -1.14. The van der Waals surface area contributed by atoms with Crippen molar-refractivity contribution >= 4 is 17.4 Å². The van der Waals surface area contributed by atoms with Crippen LogP contribution in [0, 0.1) is 10.1 Å². The van der Waals surface area contributed by atoms with Gasteiger partial charge in [-0.25, -0.2) is 0 Å². The van der Waals surface area contributed by atoms with Crippen LogP contribution in [0.1, 0.15) is 25.3 Å². The third kappa shape index (κ3) is 1.82. The lowest BCUT2D eigenvalue weighted by Gasteiger charge is -2.10. The smallest absolute Gasteiger partial charge is 0.391 e. The zero-order valence-corrected chi connectivity index (χ0v) is 8.59. The number of hydrogen-bond donors (Lipinski definition) is 1. The summed E-state index contributed by atoms with van der Waals surface area (Å²) in [5.74, 6) is -0.351. The second-order valence-electron chi connectivity index (χ2n) is 3.60. The molecule has 0 unspecified atom stereocenters. The van der Waals surface area contributed by atoms with Crippen LogP contribution in [0.5, 0.6) is 0 Å². The first-order valence-electron chi connectivity index (χ1n) is 4.66. The van der Waals surface area contributed by atoms with E-state index in [1.807, 2.05) is 0 Å². The minimum Gasteiger partial charge on any atom is -0.391 e. The average molecular weight is 232 g/mol. The van der Waals surface area contributed by atoms with Crippen molar-refractivity contribution in [2.75, 3.05) is 0 Å². The van der Waals surface area contributed by atoms with Crippen LogP contribution in [0.3, 0.4) is 0 Å². The zero-order chi connectivity index (χ0) is 11.0. The molecule has 0 radical (unpaired) electrons. The molecule has 1 N–H and O–H groups in total. The summed E-state index contributed by atoms with van der Waals surface area (Å²) in [7, 11) is 0. The number of nitro groups is 1. The van der Waals surface area contributed by atoms with Gasteiger partial charge in [0.1, 0.15) is 0 Å². The van der Waals surface area contributed by atoms with Gasteiger partial charge in [0, 0.05) is 0 Å². The molecule has 0 spiro atoms. The van der Waals surface area contributed by atoms with E-state index < -0.39 is 11.0 Å². The van der Waals surface area contributed by atoms with Crippen molar-refractivity contribution in [1.29, 1.82) is 0 Å². The van der Waals surface area contributed by atoms with E-state index in [2.05, 4.69) is 5.10 Å². The van der Waals surface area contributed by atoms with E-state index in [0.29, 0.717) is 6.42 Å². The van der Waals surface area contributed by atoms with E-state index in [4.69, 9.17) is 11.6 Å². The largest absolute Gasteiger partial charge is 0.408 e. The third-order valence-corrected chi connectivity index (χ3v) is 2.89. The summed E-state index contributed by atoms with van der Waals surface area (Å²) < 4.78 is 1.40. The molecule has 2 rings (SSSR count). The van der Waals surface area contributed by atoms with Gasteiger partial charge in [0.25, 0.3) is 0 Å². The molecule has 0 aromatic carbocycles. The summed E-state index contributed by atoms with van der Waals surface area (Å²) in [4.78, 5) is 9.89. The number of hydrogen-bond acceptors (Lipinski definition) is 4. The van der Waals surface area contributed by atoms with E-state index >= 15 is 0 Å². The molecule has 1 aromatic heterocycles. The minimum atomic E-state index is -0.625. The summed E-state index contributed by atoms with van der Waals surface area (Å²) in [5.41, 5.74) is 0. The van der Waals surface area contributed by atoms with Gasteiger partial charge in [-0.2, -0.15) is 4.68 Å². The molecule has 1 aliphatic carbocycles. The van der Waals surface area contributed by atoms with E-state index in [1.165, 1.54) is 10.9 Å². The number of halogens is 1. The lowest BCUT2D eigenvalue weighted by Crippen LogP contribution is -2.18. The number of aromatic nitrogens is 2. The van der Waals surface area contributed by atoms with Gasteiger partial charge in [0.05, 0.1) is 23.4 Å². The van der Waals surface area contributed by atoms with Gasteiger partial charge in [0.15, 0.2) is 5.02 Å². The van der Waals surface area contributed by atoms with Gasteiger partial charge in [-0.05, 0) is 24.2 Å². The van der Waals surface area contributed by atoms with Crippen molar-refractivity contribution in [3.05, 3.63) is 21.3 Å². The van der Waals surface area contributed by atoms with Gasteiger partial charge in [-0.15, -0.1) is 0 Å².